The van der Waals surface area contributed by atoms with Gasteiger partial charge in [0.05, 0.1) is 22.6 Å². The largest absolute Gasteiger partial charge is 0.395 e. The molecule has 1 saturated carbocycles. The third kappa shape index (κ3) is 5.06. The number of sulfonamides is 1. The molecule has 2 aromatic carbocycles. The van der Waals surface area contributed by atoms with Crippen LogP contribution in [0.15, 0.2) is 77.7 Å². The average molecular weight is 524 g/mol. The molecule has 1 aliphatic carbocycles. The first-order valence-electron chi connectivity index (χ1n) is 13.0. The summed E-state index contributed by atoms with van der Waals surface area (Å²) in [5.74, 6) is 0.441. The zero-order valence-electron chi connectivity index (χ0n) is 20.8. The van der Waals surface area contributed by atoms with Gasteiger partial charge in [-0.15, -0.1) is 0 Å². The fraction of sp³-hybridized carbons (Fsp3) is 0.379. The summed E-state index contributed by atoms with van der Waals surface area (Å²) in [6.45, 7) is 0.244. The minimum absolute atomic E-state index is 0. The Kier molecular flexibility index (Phi) is 7.42. The molecule has 0 spiro atoms. The Hall–Kier alpha value is -3.07. The van der Waals surface area contributed by atoms with Gasteiger partial charge in [-0.3, -0.25) is 4.79 Å². The van der Waals surface area contributed by atoms with Crippen molar-refractivity contribution in [3.8, 4) is 11.3 Å². The molecule has 3 aromatic rings. The van der Waals surface area contributed by atoms with Crippen molar-refractivity contribution in [2.24, 2.45) is 0 Å². The molecule has 8 heteroatoms. The van der Waals surface area contributed by atoms with E-state index in [-0.39, 0.29) is 26.3 Å². The zero-order valence-corrected chi connectivity index (χ0v) is 21.7. The standard InChI is InChI=1S/C29H33N3O4S.2H2/c33-21-24-11-8-20-32(24)37(35,36)25-16-14-22(15-17-25)26-12-7-13-27(30-26)31-28(34)29(18-5-2-6-19-29)23-9-3-1-4-10-23;;/h1,3-4,7,9-10,12-17,24,33H,2,5-6,8,11,18-21H2,(H,30,31,34);2*1H/t24-;;/m1../s1. The maximum absolute atomic E-state index is 13.6. The van der Waals surface area contributed by atoms with E-state index >= 15 is 0 Å². The first-order valence-corrected chi connectivity index (χ1v) is 14.5. The van der Waals surface area contributed by atoms with Crippen molar-refractivity contribution in [3.05, 3.63) is 78.4 Å². The van der Waals surface area contributed by atoms with Gasteiger partial charge in [-0.05, 0) is 55.5 Å². The molecule has 1 atom stereocenters. The number of nitrogens with one attached hydrogen (secondary N) is 1. The van der Waals surface area contributed by atoms with Gasteiger partial charge in [0, 0.05) is 21.0 Å². The molecule has 1 amide bonds. The summed E-state index contributed by atoms with van der Waals surface area (Å²) >= 11 is 0. The quantitative estimate of drug-likeness (QED) is 0.442. The molecule has 1 saturated heterocycles. The van der Waals surface area contributed by atoms with E-state index in [2.05, 4.69) is 10.3 Å². The number of hydrogen-bond donors (Lipinski definition) is 2. The van der Waals surface area contributed by atoms with Crippen molar-refractivity contribution in [1.82, 2.24) is 9.29 Å². The topological polar surface area (TPSA) is 99.6 Å². The second-order valence-corrected chi connectivity index (χ2v) is 11.9. The Labute approximate surface area is 221 Å². The second-order valence-electron chi connectivity index (χ2n) is 9.99. The van der Waals surface area contributed by atoms with Crippen LogP contribution in [0.3, 0.4) is 0 Å². The number of aromatic nitrogens is 1. The molecular formula is C29H37N3O4S. The first-order chi connectivity index (χ1) is 17.9. The molecule has 1 aromatic heterocycles. The van der Waals surface area contributed by atoms with Gasteiger partial charge in [0.25, 0.3) is 0 Å². The summed E-state index contributed by atoms with van der Waals surface area (Å²) in [7, 11) is -3.67. The molecule has 0 bridgehead atoms. The summed E-state index contributed by atoms with van der Waals surface area (Å²) in [5.41, 5.74) is 1.88. The Morgan fingerprint density at radius 3 is 2.41 bits per heavy atom. The van der Waals surface area contributed by atoms with Crippen LogP contribution in [0, 0.1) is 0 Å². The summed E-state index contributed by atoms with van der Waals surface area (Å²) in [6.07, 6.45) is 6.21. The van der Waals surface area contributed by atoms with Gasteiger partial charge in [-0.2, -0.15) is 4.31 Å². The van der Waals surface area contributed by atoms with Crippen LogP contribution in [0.5, 0.6) is 0 Å². The SMILES string of the molecule is O=C(Nc1cccc(-c2ccc(S(=O)(=O)N3CCC[C@@H]3CO)cc2)n1)C1(c2ccccc2)CCCCC1.[HH].[HH]. The normalized spacial score (nSPS) is 20.0. The smallest absolute Gasteiger partial charge is 0.243 e. The predicted octanol–water partition coefficient (Wildman–Crippen LogP) is 5.23. The van der Waals surface area contributed by atoms with E-state index in [1.165, 1.54) is 4.31 Å². The van der Waals surface area contributed by atoms with Gasteiger partial charge >= 0.3 is 0 Å². The molecule has 1 aliphatic heterocycles. The lowest BCUT2D eigenvalue weighted by molar-refractivity contribution is -0.122. The Morgan fingerprint density at radius 2 is 1.70 bits per heavy atom. The highest BCUT2D eigenvalue weighted by Gasteiger charge is 2.41. The van der Waals surface area contributed by atoms with Gasteiger partial charge < -0.3 is 10.4 Å². The maximum Gasteiger partial charge on any atom is 0.243 e. The fourth-order valence-corrected chi connectivity index (χ4v) is 7.39. The van der Waals surface area contributed by atoms with Crippen LogP contribution in [0.4, 0.5) is 5.82 Å². The lowest BCUT2D eigenvalue weighted by Gasteiger charge is -2.36. The van der Waals surface area contributed by atoms with Crippen LogP contribution in [-0.4, -0.2) is 47.9 Å². The minimum atomic E-state index is -3.67. The van der Waals surface area contributed by atoms with Crippen molar-refractivity contribution in [3.63, 3.8) is 0 Å². The van der Waals surface area contributed by atoms with Crippen LogP contribution in [0.1, 0.15) is 53.4 Å². The number of aliphatic hydroxyl groups excluding tert-OH is 1. The molecule has 2 heterocycles. The highest BCUT2D eigenvalue weighted by molar-refractivity contribution is 7.89. The third-order valence-corrected chi connectivity index (χ3v) is 9.72. The van der Waals surface area contributed by atoms with Gasteiger partial charge in [0.2, 0.25) is 15.9 Å². The van der Waals surface area contributed by atoms with E-state index in [0.29, 0.717) is 24.5 Å². The molecule has 0 radical (unpaired) electrons. The molecule has 2 fully saturated rings. The van der Waals surface area contributed by atoms with Crippen LogP contribution in [-0.2, 0) is 20.2 Å². The number of carbonyl (C=O) groups is 1. The molecule has 198 valence electrons. The Morgan fingerprint density at radius 1 is 0.973 bits per heavy atom. The molecule has 2 aliphatic rings. The van der Waals surface area contributed by atoms with Crippen molar-refractivity contribution < 1.29 is 21.2 Å². The fourth-order valence-electron chi connectivity index (χ4n) is 5.70. The Balaban J connectivity index is 0.00000210. The number of pyridine rings is 1. The summed E-state index contributed by atoms with van der Waals surface area (Å²) in [5, 5.41) is 12.6. The number of aliphatic hydroxyl groups is 1. The molecular weight excluding hydrogens is 486 g/mol. The van der Waals surface area contributed by atoms with E-state index in [1.807, 2.05) is 42.5 Å². The summed E-state index contributed by atoms with van der Waals surface area (Å²) < 4.78 is 27.5. The second kappa shape index (κ2) is 10.7. The third-order valence-electron chi connectivity index (χ3n) is 7.75. The maximum atomic E-state index is 13.6. The van der Waals surface area contributed by atoms with Gasteiger partial charge in [0.15, 0.2) is 0 Å². The van der Waals surface area contributed by atoms with E-state index in [9.17, 15) is 18.3 Å². The number of rotatable bonds is 7. The van der Waals surface area contributed by atoms with Crippen molar-refractivity contribution in [1.29, 1.82) is 0 Å². The molecule has 37 heavy (non-hydrogen) atoms. The van der Waals surface area contributed by atoms with E-state index in [0.717, 1.165) is 49.7 Å². The minimum Gasteiger partial charge on any atom is -0.395 e. The van der Waals surface area contributed by atoms with Gasteiger partial charge in [-0.25, -0.2) is 13.4 Å². The molecule has 2 N–H and O–H groups in total. The van der Waals surface area contributed by atoms with Gasteiger partial charge in [0.1, 0.15) is 5.82 Å². The van der Waals surface area contributed by atoms with Gasteiger partial charge in [-0.1, -0.05) is 67.8 Å². The highest BCUT2D eigenvalue weighted by atomic mass is 32.2. The van der Waals surface area contributed by atoms with Crippen molar-refractivity contribution in [2.45, 2.75) is 61.3 Å². The Bertz CT molecular complexity index is 1350. The molecule has 0 unspecified atom stereocenters. The zero-order chi connectivity index (χ0) is 25.9. The average Bonchev–Trinajstić information content (AvgIpc) is 3.44. The highest BCUT2D eigenvalue weighted by Crippen LogP contribution is 2.40. The van der Waals surface area contributed by atoms with Crippen LogP contribution in [0.25, 0.3) is 11.3 Å². The van der Waals surface area contributed by atoms with E-state index in [4.69, 9.17) is 0 Å². The first kappa shape index (κ1) is 25.6. The molecule has 7 nitrogen and oxygen atoms in total. The number of carbonyl (C=O) groups excluding carboxylic acids is 1. The van der Waals surface area contributed by atoms with E-state index < -0.39 is 15.4 Å². The van der Waals surface area contributed by atoms with E-state index in [1.54, 1.807) is 30.3 Å². The number of hydrogen-bond acceptors (Lipinski definition) is 5. The summed E-state index contributed by atoms with van der Waals surface area (Å²) in [6, 6.07) is 21.7. The predicted molar refractivity (Wildman–Crippen MR) is 148 cm³/mol. The lowest BCUT2D eigenvalue weighted by atomic mass is 9.68. The van der Waals surface area contributed by atoms with Crippen LogP contribution >= 0.6 is 0 Å². The lowest BCUT2D eigenvalue weighted by Crippen LogP contribution is -2.42. The number of benzene rings is 2. The number of anilines is 1. The number of nitrogens with zero attached hydrogens (tertiary/aromatic N) is 2. The van der Waals surface area contributed by atoms with Crippen molar-refractivity contribution >= 4 is 21.7 Å². The van der Waals surface area contributed by atoms with Crippen LogP contribution < -0.4 is 5.32 Å². The monoisotopic (exact) mass is 523 g/mol. The summed E-state index contributed by atoms with van der Waals surface area (Å²) in [4.78, 5) is 18.5. The molecule has 5 rings (SSSR count). The van der Waals surface area contributed by atoms with Crippen LogP contribution in [0.2, 0.25) is 0 Å². The van der Waals surface area contributed by atoms with Crippen molar-refractivity contribution in [2.75, 3.05) is 18.5 Å². The number of amides is 1.